The number of carbonyl (C=O) groups excluding carboxylic acids is 1. The third-order valence-corrected chi connectivity index (χ3v) is 4.78. The summed E-state index contributed by atoms with van der Waals surface area (Å²) in [5, 5.41) is 4.45. The van der Waals surface area contributed by atoms with Crippen LogP contribution in [0, 0.1) is 13.8 Å². The second-order valence-electron chi connectivity index (χ2n) is 6.68. The van der Waals surface area contributed by atoms with Gasteiger partial charge < -0.3 is 9.64 Å². The quantitative estimate of drug-likeness (QED) is 0.813. The normalized spacial score (nSPS) is 26.0. The molecule has 1 aromatic heterocycles. The molecular formula is C16H27N5O2. The zero-order chi connectivity index (χ0) is 16.4. The number of ether oxygens (including phenoxy) is 1. The third-order valence-electron chi connectivity index (χ3n) is 4.78. The fourth-order valence-electron chi connectivity index (χ4n) is 3.56. The largest absolute Gasteiger partial charge is 0.375 e. The highest BCUT2D eigenvalue weighted by atomic mass is 16.5. The number of aromatic nitrogens is 3. The van der Waals surface area contributed by atoms with Crippen molar-refractivity contribution in [3.63, 3.8) is 0 Å². The monoisotopic (exact) mass is 321 g/mol. The molecule has 0 aromatic carbocycles. The van der Waals surface area contributed by atoms with Crippen molar-refractivity contribution in [1.29, 1.82) is 0 Å². The zero-order valence-corrected chi connectivity index (χ0v) is 14.4. The van der Waals surface area contributed by atoms with Gasteiger partial charge in [0.25, 0.3) is 0 Å². The summed E-state index contributed by atoms with van der Waals surface area (Å²) in [5.41, 5.74) is 0. The van der Waals surface area contributed by atoms with Gasteiger partial charge in [-0.05, 0) is 40.2 Å². The molecule has 0 spiro atoms. The summed E-state index contributed by atoms with van der Waals surface area (Å²) in [6, 6.07) is 0.372. The van der Waals surface area contributed by atoms with Crippen molar-refractivity contribution in [2.75, 3.05) is 32.8 Å². The van der Waals surface area contributed by atoms with Crippen molar-refractivity contribution in [3.05, 3.63) is 11.6 Å². The van der Waals surface area contributed by atoms with E-state index in [4.69, 9.17) is 4.74 Å². The Kier molecular flexibility index (Phi) is 4.96. The molecule has 1 aromatic rings. The van der Waals surface area contributed by atoms with Crippen molar-refractivity contribution in [2.45, 2.75) is 52.3 Å². The smallest absolute Gasteiger partial charge is 0.236 e. The first-order chi connectivity index (χ1) is 11.0. The fraction of sp³-hybridized carbons (Fsp3) is 0.812. The topological polar surface area (TPSA) is 63.5 Å². The van der Waals surface area contributed by atoms with E-state index < -0.39 is 0 Å². The van der Waals surface area contributed by atoms with Gasteiger partial charge in [-0.3, -0.25) is 9.69 Å². The number of nitrogens with zero attached hydrogens (tertiary/aromatic N) is 5. The van der Waals surface area contributed by atoms with Gasteiger partial charge in [0.05, 0.1) is 25.8 Å². The molecule has 2 saturated heterocycles. The van der Waals surface area contributed by atoms with Crippen LogP contribution in [-0.4, -0.2) is 75.4 Å². The summed E-state index contributed by atoms with van der Waals surface area (Å²) in [5.74, 6) is 1.98. The second-order valence-corrected chi connectivity index (χ2v) is 6.68. The number of amides is 1. The number of aryl methyl sites for hydroxylation is 2. The first kappa shape index (κ1) is 16.4. The Balaban J connectivity index is 1.58. The van der Waals surface area contributed by atoms with E-state index >= 15 is 0 Å². The van der Waals surface area contributed by atoms with E-state index in [0.717, 1.165) is 37.6 Å². The first-order valence-electron chi connectivity index (χ1n) is 8.54. The summed E-state index contributed by atoms with van der Waals surface area (Å²) in [6.45, 7) is 10.3. The van der Waals surface area contributed by atoms with Gasteiger partial charge in [-0.2, -0.15) is 5.10 Å². The maximum atomic E-state index is 12.6. The average molecular weight is 321 g/mol. The lowest BCUT2D eigenvalue weighted by molar-refractivity contribution is -0.139. The predicted molar refractivity (Wildman–Crippen MR) is 86.1 cm³/mol. The van der Waals surface area contributed by atoms with E-state index in [1.54, 1.807) is 0 Å². The molecule has 1 amide bonds. The number of hydrogen-bond acceptors (Lipinski definition) is 5. The van der Waals surface area contributed by atoms with Gasteiger partial charge in [0.2, 0.25) is 5.91 Å². The molecule has 0 unspecified atom stereocenters. The molecule has 7 nitrogen and oxygen atoms in total. The van der Waals surface area contributed by atoms with Crippen LogP contribution in [0.15, 0.2) is 0 Å². The van der Waals surface area contributed by atoms with Crippen LogP contribution in [0.4, 0.5) is 0 Å². The number of likely N-dealkylation sites (tertiary alicyclic amines) is 1. The number of rotatable bonds is 4. The summed E-state index contributed by atoms with van der Waals surface area (Å²) in [4.78, 5) is 21.2. The van der Waals surface area contributed by atoms with Crippen molar-refractivity contribution in [2.24, 2.45) is 0 Å². The molecule has 0 saturated carbocycles. The van der Waals surface area contributed by atoms with Crippen molar-refractivity contribution in [1.82, 2.24) is 24.6 Å². The second kappa shape index (κ2) is 6.97. The van der Waals surface area contributed by atoms with Crippen molar-refractivity contribution in [3.8, 4) is 0 Å². The lowest BCUT2D eigenvalue weighted by atomic mass is 10.2. The van der Waals surface area contributed by atoms with Crippen molar-refractivity contribution >= 4 is 5.91 Å². The summed E-state index contributed by atoms with van der Waals surface area (Å²) < 4.78 is 7.49. The average Bonchev–Trinajstić information content (AvgIpc) is 3.06. The van der Waals surface area contributed by atoms with Crippen LogP contribution in [-0.2, 0) is 16.1 Å². The molecular weight excluding hydrogens is 294 g/mol. The maximum absolute atomic E-state index is 12.6. The van der Waals surface area contributed by atoms with Crippen LogP contribution in [0.1, 0.15) is 31.4 Å². The Morgan fingerprint density at radius 3 is 2.87 bits per heavy atom. The minimum absolute atomic E-state index is 0.142. The Morgan fingerprint density at radius 1 is 1.35 bits per heavy atom. The van der Waals surface area contributed by atoms with Crippen LogP contribution in [0.5, 0.6) is 0 Å². The molecule has 7 heteroatoms. The number of morpholine rings is 1. The summed E-state index contributed by atoms with van der Waals surface area (Å²) >= 11 is 0. The lowest BCUT2D eigenvalue weighted by Gasteiger charge is -2.33. The Morgan fingerprint density at radius 2 is 2.17 bits per heavy atom. The van der Waals surface area contributed by atoms with E-state index in [2.05, 4.69) is 15.0 Å². The molecule has 2 aliphatic rings. The summed E-state index contributed by atoms with van der Waals surface area (Å²) in [7, 11) is 0. The van der Waals surface area contributed by atoms with Gasteiger partial charge in [-0.15, -0.1) is 0 Å². The molecule has 0 bridgehead atoms. The van der Waals surface area contributed by atoms with Crippen LogP contribution in [0.2, 0.25) is 0 Å². The molecule has 2 atom stereocenters. The highest BCUT2D eigenvalue weighted by molar-refractivity contribution is 5.78. The van der Waals surface area contributed by atoms with E-state index in [-0.39, 0.29) is 12.0 Å². The third kappa shape index (κ3) is 3.90. The van der Waals surface area contributed by atoms with Gasteiger partial charge in [0.1, 0.15) is 11.6 Å². The van der Waals surface area contributed by atoms with Crippen LogP contribution >= 0.6 is 0 Å². The molecule has 23 heavy (non-hydrogen) atoms. The maximum Gasteiger partial charge on any atom is 0.236 e. The zero-order valence-electron chi connectivity index (χ0n) is 14.4. The van der Waals surface area contributed by atoms with E-state index in [9.17, 15) is 4.79 Å². The molecule has 2 aliphatic heterocycles. The SMILES string of the molecule is Cc1nc(C)n(C[C@@H]2CCCN2CC(=O)N2CCO[C@@H](C)C2)n1. The standard InChI is InChI=1S/C16H27N5O2/c1-12-9-20(7-8-23-12)16(22)11-19-6-4-5-15(19)10-21-14(3)17-13(2)18-21/h12,15H,4-11H2,1-3H3/t12-,15-/m0/s1. The predicted octanol–water partition coefficient (Wildman–Crippen LogP) is 0.607. The van der Waals surface area contributed by atoms with E-state index in [0.29, 0.717) is 32.3 Å². The molecule has 0 radical (unpaired) electrons. The highest BCUT2D eigenvalue weighted by Crippen LogP contribution is 2.19. The van der Waals surface area contributed by atoms with E-state index in [1.807, 2.05) is 30.4 Å². The Labute approximate surface area is 137 Å². The molecule has 2 fully saturated rings. The van der Waals surface area contributed by atoms with E-state index in [1.165, 1.54) is 0 Å². The van der Waals surface area contributed by atoms with Gasteiger partial charge in [-0.1, -0.05) is 0 Å². The minimum atomic E-state index is 0.142. The summed E-state index contributed by atoms with van der Waals surface area (Å²) in [6.07, 6.45) is 2.40. The van der Waals surface area contributed by atoms with Gasteiger partial charge >= 0.3 is 0 Å². The number of hydrogen-bond donors (Lipinski definition) is 0. The minimum Gasteiger partial charge on any atom is -0.375 e. The molecule has 0 aliphatic carbocycles. The van der Waals surface area contributed by atoms with Gasteiger partial charge in [0.15, 0.2) is 0 Å². The molecule has 0 N–H and O–H groups in total. The van der Waals surface area contributed by atoms with Crippen LogP contribution in [0.3, 0.4) is 0 Å². The molecule has 128 valence electrons. The van der Waals surface area contributed by atoms with Crippen molar-refractivity contribution < 1.29 is 9.53 Å². The lowest BCUT2D eigenvalue weighted by Crippen LogP contribution is -2.49. The van der Waals surface area contributed by atoms with Gasteiger partial charge in [-0.25, -0.2) is 9.67 Å². The number of carbonyl (C=O) groups is 1. The fourth-order valence-corrected chi connectivity index (χ4v) is 3.56. The highest BCUT2D eigenvalue weighted by Gasteiger charge is 2.30. The van der Waals surface area contributed by atoms with Gasteiger partial charge in [0, 0.05) is 19.1 Å². The Bertz CT molecular complexity index is 559. The molecule has 3 rings (SSSR count). The van der Waals surface area contributed by atoms with Crippen LogP contribution in [0.25, 0.3) is 0 Å². The first-order valence-corrected chi connectivity index (χ1v) is 8.54. The Hall–Kier alpha value is -1.47. The van der Waals surface area contributed by atoms with Crippen LogP contribution < -0.4 is 0 Å². The molecule has 3 heterocycles.